The van der Waals surface area contributed by atoms with Crippen molar-refractivity contribution in [2.45, 2.75) is 19.3 Å². The van der Waals surface area contributed by atoms with Crippen LogP contribution in [0.5, 0.6) is 0 Å². The predicted molar refractivity (Wildman–Crippen MR) is 77.1 cm³/mol. The predicted octanol–water partition coefficient (Wildman–Crippen LogP) is 1.76. The molecule has 0 unspecified atom stereocenters. The number of Topliss-reactive ketones (excluding diaryl/α,β-unsaturated/α-hetero) is 1. The van der Waals surface area contributed by atoms with Crippen molar-refractivity contribution in [3.05, 3.63) is 41.9 Å². The first-order valence-corrected chi connectivity index (χ1v) is 7.14. The van der Waals surface area contributed by atoms with E-state index < -0.39 is 23.6 Å². The molecule has 2 aliphatic rings. The highest BCUT2D eigenvalue weighted by Crippen LogP contribution is 2.33. The first-order valence-electron chi connectivity index (χ1n) is 7.14. The number of rotatable bonds is 2. The van der Waals surface area contributed by atoms with Crippen LogP contribution in [-0.4, -0.2) is 17.6 Å². The number of halogens is 1. The van der Waals surface area contributed by atoms with Crippen molar-refractivity contribution in [3.8, 4) is 0 Å². The Labute approximate surface area is 126 Å². The molecule has 0 spiro atoms. The fraction of sp³-hybridized carbons (Fsp3) is 0.312. The Bertz CT molecular complexity index is 684. The molecule has 0 bridgehead atoms. The Kier molecular flexibility index (Phi) is 3.75. The molecule has 2 amide bonds. The van der Waals surface area contributed by atoms with E-state index in [2.05, 4.69) is 10.6 Å². The van der Waals surface area contributed by atoms with E-state index in [0.29, 0.717) is 18.5 Å². The minimum absolute atomic E-state index is 0.0484. The number of nitrogens with one attached hydrogen (secondary N) is 2. The van der Waals surface area contributed by atoms with Crippen LogP contribution in [-0.2, 0) is 14.4 Å². The zero-order valence-electron chi connectivity index (χ0n) is 11.8. The summed E-state index contributed by atoms with van der Waals surface area (Å²) in [5, 5.41) is 5.14. The second-order valence-electron chi connectivity index (χ2n) is 5.47. The van der Waals surface area contributed by atoms with E-state index in [4.69, 9.17) is 0 Å². The average Bonchev–Trinajstić information content (AvgIpc) is 2.48. The highest BCUT2D eigenvalue weighted by Gasteiger charge is 2.42. The summed E-state index contributed by atoms with van der Waals surface area (Å²) in [6, 6.07) is 5.80. The Morgan fingerprint density at radius 2 is 2.05 bits per heavy atom. The minimum Gasteiger partial charge on any atom is -0.329 e. The number of hydrogen-bond acceptors (Lipinski definition) is 3. The van der Waals surface area contributed by atoms with Crippen LogP contribution < -0.4 is 10.6 Å². The maximum absolute atomic E-state index is 13.6. The van der Waals surface area contributed by atoms with E-state index in [-0.39, 0.29) is 23.8 Å². The van der Waals surface area contributed by atoms with Crippen LogP contribution in [0.15, 0.2) is 36.0 Å². The number of piperidine rings is 1. The maximum atomic E-state index is 13.6. The number of fused-ring (bicyclic) bond motifs is 1. The van der Waals surface area contributed by atoms with Crippen molar-refractivity contribution in [3.63, 3.8) is 0 Å². The van der Waals surface area contributed by atoms with Gasteiger partial charge in [0, 0.05) is 18.5 Å². The lowest BCUT2D eigenvalue weighted by Gasteiger charge is -2.34. The number of amides is 2. The highest BCUT2D eigenvalue weighted by atomic mass is 19.1. The standard InChI is InChI=1S/C16H15FN2O3/c17-10-4-1-2-5-11(10)19-16(22)9-8-14(21)18-12-6-3-7-13(20)15(9)12/h1-2,4-6,9,15H,3,7-8H2,(H,18,21)(H,19,22)/t9-,15-/m1/s1. The number of allylic oxidation sites excluding steroid dienone is 2. The van der Waals surface area contributed by atoms with Crippen LogP contribution >= 0.6 is 0 Å². The minimum atomic E-state index is -0.799. The lowest BCUT2D eigenvalue weighted by molar-refractivity contribution is -0.135. The summed E-state index contributed by atoms with van der Waals surface area (Å²) < 4.78 is 13.6. The largest absolute Gasteiger partial charge is 0.329 e. The molecule has 0 saturated carbocycles. The van der Waals surface area contributed by atoms with Crippen LogP contribution in [0.3, 0.4) is 0 Å². The Morgan fingerprint density at radius 3 is 2.82 bits per heavy atom. The SMILES string of the molecule is O=C1C[C@@H](C(=O)Nc2ccccc2F)[C@H]2C(=O)CCC=C2N1. The Morgan fingerprint density at radius 1 is 1.27 bits per heavy atom. The van der Waals surface area contributed by atoms with E-state index in [1.807, 2.05) is 0 Å². The molecule has 6 heteroatoms. The number of para-hydroxylation sites is 1. The van der Waals surface area contributed by atoms with Crippen molar-refractivity contribution >= 4 is 23.3 Å². The lowest BCUT2D eigenvalue weighted by Crippen LogP contribution is -2.47. The van der Waals surface area contributed by atoms with E-state index in [1.54, 1.807) is 12.1 Å². The summed E-state index contributed by atoms with van der Waals surface area (Å²) in [6.45, 7) is 0. The molecule has 114 valence electrons. The van der Waals surface area contributed by atoms with E-state index in [9.17, 15) is 18.8 Å². The van der Waals surface area contributed by atoms with Gasteiger partial charge in [-0.15, -0.1) is 0 Å². The summed E-state index contributed by atoms with van der Waals surface area (Å²) in [7, 11) is 0. The molecule has 1 aromatic carbocycles. The van der Waals surface area contributed by atoms with Crippen molar-refractivity contribution in [2.24, 2.45) is 11.8 Å². The van der Waals surface area contributed by atoms with Crippen molar-refractivity contribution in [1.29, 1.82) is 0 Å². The van der Waals surface area contributed by atoms with Crippen LogP contribution in [0.4, 0.5) is 10.1 Å². The number of ketones is 1. The zero-order chi connectivity index (χ0) is 15.7. The number of hydrogen-bond donors (Lipinski definition) is 2. The van der Waals surface area contributed by atoms with Gasteiger partial charge in [-0.1, -0.05) is 18.2 Å². The molecule has 0 aromatic heterocycles. The molecular formula is C16H15FN2O3. The molecule has 2 N–H and O–H groups in total. The summed E-state index contributed by atoms with van der Waals surface area (Å²) in [6.07, 6.45) is 2.63. The van der Waals surface area contributed by atoms with Gasteiger partial charge in [0.25, 0.3) is 0 Å². The van der Waals surface area contributed by atoms with Gasteiger partial charge in [0.1, 0.15) is 11.6 Å². The third-order valence-corrected chi connectivity index (χ3v) is 4.00. The number of carbonyl (C=O) groups excluding carboxylic acids is 3. The topological polar surface area (TPSA) is 75.3 Å². The van der Waals surface area contributed by atoms with E-state index in [0.717, 1.165) is 0 Å². The van der Waals surface area contributed by atoms with E-state index in [1.165, 1.54) is 18.2 Å². The fourth-order valence-corrected chi connectivity index (χ4v) is 2.96. The van der Waals surface area contributed by atoms with Crippen molar-refractivity contribution in [1.82, 2.24) is 5.32 Å². The second kappa shape index (κ2) is 5.71. The molecule has 1 saturated heterocycles. The molecule has 22 heavy (non-hydrogen) atoms. The smallest absolute Gasteiger partial charge is 0.229 e. The first-order chi connectivity index (χ1) is 10.6. The fourth-order valence-electron chi connectivity index (χ4n) is 2.96. The molecule has 1 aliphatic heterocycles. The van der Waals surface area contributed by atoms with Gasteiger partial charge < -0.3 is 10.6 Å². The van der Waals surface area contributed by atoms with Gasteiger partial charge in [0.2, 0.25) is 11.8 Å². The summed E-state index contributed by atoms with van der Waals surface area (Å²) in [4.78, 5) is 36.3. The number of anilines is 1. The van der Waals surface area contributed by atoms with Crippen LogP contribution in [0, 0.1) is 17.7 Å². The van der Waals surface area contributed by atoms with Gasteiger partial charge in [0.05, 0.1) is 17.5 Å². The molecule has 1 aromatic rings. The molecule has 1 aliphatic carbocycles. The first kappa shape index (κ1) is 14.4. The van der Waals surface area contributed by atoms with Gasteiger partial charge in [-0.25, -0.2) is 4.39 Å². The monoisotopic (exact) mass is 302 g/mol. The average molecular weight is 302 g/mol. The third kappa shape index (κ3) is 2.64. The molecule has 1 heterocycles. The van der Waals surface area contributed by atoms with E-state index >= 15 is 0 Å². The summed E-state index contributed by atoms with van der Waals surface area (Å²) in [5.41, 5.74) is 0.549. The lowest BCUT2D eigenvalue weighted by atomic mass is 9.76. The Balaban J connectivity index is 1.85. The molecule has 2 atom stereocenters. The van der Waals surface area contributed by atoms with Crippen molar-refractivity contribution in [2.75, 3.05) is 5.32 Å². The quantitative estimate of drug-likeness (QED) is 0.874. The number of benzene rings is 1. The molecule has 0 radical (unpaired) electrons. The number of carbonyl (C=O) groups is 3. The third-order valence-electron chi connectivity index (χ3n) is 4.00. The van der Waals surface area contributed by atoms with Gasteiger partial charge >= 0.3 is 0 Å². The molecular weight excluding hydrogens is 287 g/mol. The van der Waals surface area contributed by atoms with Crippen LogP contribution in [0.2, 0.25) is 0 Å². The van der Waals surface area contributed by atoms with Crippen LogP contribution in [0.25, 0.3) is 0 Å². The normalized spacial score (nSPS) is 24.1. The van der Waals surface area contributed by atoms with Crippen LogP contribution in [0.1, 0.15) is 19.3 Å². The van der Waals surface area contributed by atoms with Gasteiger partial charge in [-0.05, 0) is 18.6 Å². The Hall–Kier alpha value is -2.50. The van der Waals surface area contributed by atoms with Gasteiger partial charge in [0.15, 0.2) is 0 Å². The van der Waals surface area contributed by atoms with Gasteiger partial charge in [-0.2, -0.15) is 0 Å². The van der Waals surface area contributed by atoms with Gasteiger partial charge in [-0.3, -0.25) is 14.4 Å². The zero-order valence-corrected chi connectivity index (χ0v) is 11.8. The molecule has 3 rings (SSSR count). The highest BCUT2D eigenvalue weighted by molar-refractivity contribution is 6.02. The second-order valence-corrected chi connectivity index (χ2v) is 5.47. The summed E-state index contributed by atoms with van der Waals surface area (Å²) in [5.74, 6) is -2.87. The van der Waals surface area contributed by atoms with Crippen molar-refractivity contribution < 1.29 is 18.8 Å². The summed E-state index contributed by atoms with van der Waals surface area (Å²) >= 11 is 0. The molecule has 1 fully saturated rings. The molecule has 5 nitrogen and oxygen atoms in total. The maximum Gasteiger partial charge on any atom is 0.229 e.